The second-order valence-electron chi connectivity index (χ2n) is 3.52. The van der Waals surface area contributed by atoms with Crippen molar-refractivity contribution in [1.29, 1.82) is 0 Å². The normalized spacial score (nSPS) is 12.5. The smallest absolute Gasteiger partial charge is 0.141 e. The minimum absolute atomic E-state index is 0.396. The van der Waals surface area contributed by atoms with Gasteiger partial charge in [-0.15, -0.1) is 0 Å². The molecule has 0 saturated carbocycles. The number of pyridine rings is 1. The molecule has 0 fully saturated rings. The van der Waals surface area contributed by atoms with E-state index in [4.69, 9.17) is 28.9 Å². The SMILES string of the molecule is NC(c1ccc(F)cn1)c1cccc(Cl)c1Cl. The van der Waals surface area contributed by atoms with Crippen LogP contribution in [0.5, 0.6) is 0 Å². The summed E-state index contributed by atoms with van der Waals surface area (Å²) >= 11 is 12.0. The van der Waals surface area contributed by atoms with Crippen molar-refractivity contribution in [2.75, 3.05) is 0 Å². The van der Waals surface area contributed by atoms with Gasteiger partial charge in [-0.1, -0.05) is 35.3 Å². The Labute approximate surface area is 108 Å². The second kappa shape index (κ2) is 5.00. The molecule has 2 aromatic rings. The molecule has 5 heteroatoms. The van der Waals surface area contributed by atoms with E-state index < -0.39 is 11.9 Å². The summed E-state index contributed by atoms with van der Waals surface area (Å²) < 4.78 is 12.7. The highest BCUT2D eigenvalue weighted by Crippen LogP contribution is 2.31. The van der Waals surface area contributed by atoms with E-state index >= 15 is 0 Å². The molecule has 0 radical (unpaired) electrons. The Morgan fingerprint density at radius 2 is 1.94 bits per heavy atom. The zero-order valence-corrected chi connectivity index (χ0v) is 10.2. The van der Waals surface area contributed by atoms with Crippen molar-refractivity contribution in [3.05, 3.63) is 63.6 Å². The van der Waals surface area contributed by atoms with Crippen LogP contribution in [0.25, 0.3) is 0 Å². The largest absolute Gasteiger partial charge is 0.319 e. The van der Waals surface area contributed by atoms with Crippen molar-refractivity contribution in [3.63, 3.8) is 0 Å². The number of aromatic nitrogens is 1. The molecule has 0 amide bonds. The van der Waals surface area contributed by atoms with Crippen molar-refractivity contribution >= 4 is 23.2 Å². The van der Waals surface area contributed by atoms with Crippen molar-refractivity contribution in [3.8, 4) is 0 Å². The molecule has 1 heterocycles. The van der Waals surface area contributed by atoms with Crippen LogP contribution in [0.4, 0.5) is 4.39 Å². The van der Waals surface area contributed by atoms with Crippen LogP contribution in [-0.4, -0.2) is 4.98 Å². The molecule has 1 aromatic carbocycles. The maximum Gasteiger partial charge on any atom is 0.141 e. The highest BCUT2D eigenvalue weighted by molar-refractivity contribution is 6.42. The van der Waals surface area contributed by atoms with Gasteiger partial charge in [0.05, 0.1) is 28.0 Å². The molecule has 17 heavy (non-hydrogen) atoms. The Morgan fingerprint density at radius 1 is 1.18 bits per heavy atom. The molecule has 1 atom stereocenters. The van der Waals surface area contributed by atoms with Crippen LogP contribution in [0, 0.1) is 5.82 Å². The molecule has 88 valence electrons. The molecule has 0 aliphatic rings. The molecule has 1 aromatic heterocycles. The summed E-state index contributed by atoms with van der Waals surface area (Å²) in [5.41, 5.74) is 7.21. The van der Waals surface area contributed by atoms with E-state index in [1.807, 2.05) is 0 Å². The van der Waals surface area contributed by atoms with Gasteiger partial charge in [-0.3, -0.25) is 4.98 Å². The van der Waals surface area contributed by atoms with E-state index in [0.717, 1.165) is 6.20 Å². The van der Waals surface area contributed by atoms with Crippen LogP contribution in [-0.2, 0) is 0 Å². The van der Waals surface area contributed by atoms with Gasteiger partial charge in [0.25, 0.3) is 0 Å². The molecule has 2 N–H and O–H groups in total. The van der Waals surface area contributed by atoms with Gasteiger partial charge < -0.3 is 5.73 Å². The van der Waals surface area contributed by atoms with Crippen LogP contribution in [0.2, 0.25) is 10.0 Å². The Morgan fingerprint density at radius 3 is 2.59 bits per heavy atom. The summed E-state index contributed by atoms with van der Waals surface area (Å²) in [6.45, 7) is 0. The fourth-order valence-electron chi connectivity index (χ4n) is 1.49. The number of halogens is 3. The standard InChI is InChI=1S/C12H9Cl2FN2/c13-9-3-1-2-8(11(9)14)12(16)10-5-4-7(15)6-17-10/h1-6,12H,16H2. The zero-order chi connectivity index (χ0) is 12.4. The lowest BCUT2D eigenvalue weighted by atomic mass is 10.0. The fraction of sp³-hybridized carbons (Fsp3) is 0.0833. The molecule has 0 bridgehead atoms. The molecular formula is C12H9Cl2FN2. The lowest BCUT2D eigenvalue weighted by molar-refractivity contribution is 0.617. The minimum atomic E-state index is -0.526. The summed E-state index contributed by atoms with van der Waals surface area (Å²) in [6, 6.07) is 7.51. The van der Waals surface area contributed by atoms with Gasteiger partial charge in [0.1, 0.15) is 5.82 Å². The highest BCUT2D eigenvalue weighted by atomic mass is 35.5. The van der Waals surface area contributed by atoms with E-state index in [1.54, 1.807) is 18.2 Å². The quantitative estimate of drug-likeness (QED) is 0.906. The monoisotopic (exact) mass is 270 g/mol. The lowest BCUT2D eigenvalue weighted by Gasteiger charge is -2.13. The Bertz CT molecular complexity index is 529. The first-order valence-electron chi connectivity index (χ1n) is 4.90. The summed E-state index contributed by atoms with van der Waals surface area (Å²) in [5.74, 6) is -0.404. The second-order valence-corrected chi connectivity index (χ2v) is 4.31. The van der Waals surface area contributed by atoms with Gasteiger partial charge in [-0.2, -0.15) is 0 Å². The van der Waals surface area contributed by atoms with Crippen molar-refractivity contribution < 1.29 is 4.39 Å². The van der Waals surface area contributed by atoms with Gasteiger partial charge in [0.15, 0.2) is 0 Å². The van der Waals surface area contributed by atoms with Crippen molar-refractivity contribution in [1.82, 2.24) is 4.98 Å². The van der Waals surface area contributed by atoms with Crippen molar-refractivity contribution in [2.24, 2.45) is 5.73 Å². The zero-order valence-electron chi connectivity index (χ0n) is 8.70. The third-order valence-corrected chi connectivity index (χ3v) is 3.22. The predicted octanol–water partition coefficient (Wildman–Crippen LogP) is 3.58. The maximum absolute atomic E-state index is 12.7. The van der Waals surface area contributed by atoms with Crippen LogP contribution < -0.4 is 5.73 Å². The van der Waals surface area contributed by atoms with Crippen LogP contribution in [0.3, 0.4) is 0 Å². The van der Waals surface area contributed by atoms with Gasteiger partial charge in [0.2, 0.25) is 0 Å². The molecule has 0 aliphatic heterocycles. The van der Waals surface area contributed by atoms with Gasteiger partial charge in [-0.05, 0) is 23.8 Å². The molecule has 2 nitrogen and oxygen atoms in total. The Kier molecular flexibility index (Phi) is 3.62. The first-order chi connectivity index (χ1) is 8.09. The first-order valence-corrected chi connectivity index (χ1v) is 5.66. The van der Waals surface area contributed by atoms with E-state index in [2.05, 4.69) is 4.98 Å². The number of nitrogens with two attached hydrogens (primary N) is 1. The van der Waals surface area contributed by atoms with E-state index in [1.165, 1.54) is 12.1 Å². The lowest BCUT2D eigenvalue weighted by Crippen LogP contribution is -2.14. The topological polar surface area (TPSA) is 38.9 Å². The average Bonchev–Trinajstić information content (AvgIpc) is 2.33. The predicted molar refractivity (Wildman–Crippen MR) is 66.7 cm³/mol. The van der Waals surface area contributed by atoms with Crippen LogP contribution in [0.1, 0.15) is 17.3 Å². The molecule has 0 aliphatic carbocycles. The number of nitrogens with zero attached hydrogens (tertiary/aromatic N) is 1. The Balaban J connectivity index is 2.40. The maximum atomic E-state index is 12.7. The first kappa shape index (κ1) is 12.3. The molecule has 0 saturated heterocycles. The van der Waals surface area contributed by atoms with E-state index in [0.29, 0.717) is 21.3 Å². The highest BCUT2D eigenvalue weighted by Gasteiger charge is 2.15. The third-order valence-electron chi connectivity index (χ3n) is 2.39. The van der Waals surface area contributed by atoms with Gasteiger partial charge >= 0.3 is 0 Å². The van der Waals surface area contributed by atoms with E-state index in [-0.39, 0.29) is 0 Å². The van der Waals surface area contributed by atoms with Crippen molar-refractivity contribution in [2.45, 2.75) is 6.04 Å². The summed E-state index contributed by atoms with van der Waals surface area (Å²) in [7, 11) is 0. The summed E-state index contributed by atoms with van der Waals surface area (Å²) in [4.78, 5) is 3.92. The number of hydrogen-bond donors (Lipinski definition) is 1. The minimum Gasteiger partial charge on any atom is -0.319 e. The van der Waals surface area contributed by atoms with Crippen LogP contribution >= 0.6 is 23.2 Å². The number of hydrogen-bond acceptors (Lipinski definition) is 2. The number of benzene rings is 1. The molecule has 0 spiro atoms. The Hall–Kier alpha value is -1.16. The average molecular weight is 271 g/mol. The van der Waals surface area contributed by atoms with Gasteiger partial charge in [0, 0.05) is 0 Å². The molecular weight excluding hydrogens is 262 g/mol. The van der Waals surface area contributed by atoms with Crippen LogP contribution in [0.15, 0.2) is 36.5 Å². The third kappa shape index (κ3) is 2.57. The summed E-state index contributed by atoms with van der Waals surface area (Å²) in [6.07, 6.45) is 1.12. The van der Waals surface area contributed by atoms with Gasteiger partial charge in [-0.25, -0.2) is 4.39 Å². The fourth-order valence-corrected chi connectivity index (χ4v) is 1.92. The number of rotatable bonds is 2. The molecule has 1 unspecified atom stereocenters. The molecule has 2 rings (SSSR count). The summed E-state index contributed by atoms with van der Waals surface area (Å²) in [5, 5.41) is 0.828. The van der Waals surface area contributed by atoms with E-state index in [9.17, 15) is 4.39 Å².